The summed E-state index contributed by atoms with van der Waals surface area (Å²) in [5.74, 6) is -0.354. The minimum atomic E-state index is -0.566. The van der Waals surface area contributed by atoms with Crippen LogP contribution in [-0.4, -0.2) is 41.3 Å². The van der Waals surface area contributed by atoms with Crippen LogP contribution in [0.4, 0.5) is 4.79 Å². The van der Waals surface area contributed by atoms with E-state index in [2.05, 4.69) is 6.07 Å². The number of carbonyl (C=O) groups excluding carboxylic acids is 2. The molecule has 6 heteroatoms. The zero-order valence-electron chi connectivity index (χ0n) is 17.2. The van der Waals surface area contributed by atoms with Gasteiger partial charge in [-0.1, -0.05) is 24.3 Å². The first-order valence-electron chi connectivity index (χ1n) is 9.84. The van der Waals surface area contributed by atoms with Gasteiger partial charge in [-0.15, -0.1) is 0 Å². The molecule has 0 aliphatic carbocycles. The zero-order valence-corrected chi connectivity index (χ0v) is 17.2. The molecule has 0 spiro atoms. The summed E-state index contributed by atoms with van der Waals surface area (Å²) in [6, 6.07) is 9.31. The Hall–Kier alpha value is -2.55. The third-order valence-corrected chi connectivity index (χ3v) is 4.76. The number of benzene rings is 1. The largest absolute Gasteiger partial charge is 0.460 e. The summed E-state index contributed by atoms with van der Waals surface area (Å²) >= 11 is 0. The first-order chi connectivity index (χ1) is 13.2. The lowest BCUT2D eigenvalue weighted by Gasteiger charge is -2.39. The Balaban J connectivity index is 2.01. The first kappa shape index (κ1) is 21.7. The van der Waals surface area contributed by atoms with Crippen LogP contribution < -0.4 is 0 Å². The van der Waals surface area contributed by atoms with Crippen molar-refractivity contribution in [2.75, 3.05) is 6.54 Å². The average molecular weight is 386 g/mol. The quantitative estimate of drug-likeness (QED) is 0.714. The Morgan fingerprint density at radius 1 is 1.25 bits per heavy atom. The van der Waals surface area contributed by atoms with Crippen molar-refractivity contribution >= 4 is 12.1 Å². The summed E-state index contributed by atoms with van der Waals surface area (Å²) < 4.78 is 11.2. The van der Waals surface area contributed by atoms with Crippen LogP contribution >= 0.6 is 0 Å². The smallest absolute Gasteiger partial charge is 0.410 e. The molecule has 1 aliphatic rings. The number of nitrogens with zero attached hydrogens (tertiary/aromatic N) is 2. The molecule has 28 heavy (non-hydrogen) atoms. The second kappa shape index (κ2) is 9.59. The van der Waals surface area contributed by atoms with Crippen LogP contribution in [0.2, 0.25) is 0 Å². The van der Waals surface area contributed by atoms with E-state index >= 15 is 0 Å². The number of likely N-dealkylation sites (tertiary alicyclic amines) is 1. The fourth-order valence-corrected chi connectivity index (χ4v) is 3.46. The van der Waals surface area contributed by atoms with E-state index in [1.807, 2.05) is 52.0 Å². The number of hydrogen-bond acceptors (Lipinski definition) is 5. The number of nitriles is 1. The Morgan fingerprint density at radius 2 is 1.93 bits per heavy atom. The molecule has 2 rings (SSSR count). The van der Waals surface area contributed by atoms with Crippen LogP contribution in [0.15, 0.2) is 24.3 Å². The molecule has 1 aliphatic heterocycles. The predicted molar refractivity (Wildman–Crippen MR) is 106 cm³/mol. The molecule has 2 atom stereocenters. The van der Waals surface area contributed by atoms with Crippen LogP contribution in [0.5, 0.6) is 0 Å². The van der Waals surface area contributed by atoms with Gasteiger partial charge in [0.05, 0.1) is 25.0 Å². The standard InChI is InChI=1S/C22H30N2O4/c1-16(19-11-7-8-14-24(19)21(26)28-22(2,3)4)27-20(25)15-18-10-6-5-9-17(18)12-13-23/h5-6,9-10,16,19H,7-8,11-12,14-15H2,1-4H3. The van der Waals surface area contributed by atoms with Gasteiger partial charge in [0, 0.05) is 6.54 Å². The summed E-state index contributed by atoms with van der Waals surface area (Å²) in [6.45, 7) is 7.95. The van der Waals surface area contributed by atoms with Crippen molar-refractivity contribution in [1.29, 1.82) is 5.26 Å². The summed E-state index contributed by atoms with van der Waals surface area (Å²) in [5, 5.41) is 8.94. The molecule has 1 aromatic carbocycles. The van der Waals surface area contributed by atoms with Gasteiger partial charge in [-0.25, -0.2) is 4.79 Å². The number of carbonyl (C=O) groups is 2. The van der Waals surface area contributed by atoms with Gasteiger partial charge in [-0.2, -0.15) is 5.26 Å². The second-order valence-electron chi connectivity index (χ2n) is 8.21. The van der Waals surface area contributed by atoms with Gasteiger partial charge in [0.25, 0.3) is 0 Å². The van der Waals surface area contributed by atoms with E-state index in [-0.39, 0.29) is 30.9 Å². The monoisotopic (exact) mass is 386 g/mol. The Labute approximate surface area is 167 Å². The van der Waals surface area contributed by atoms with E-state index in [9.17, 15) is 9.59 Å². The molecule has 1 amide bonds. The molecular weight excluding hydrogens is 356 g/mol. The lowest BCUT2D eigenvalue weighted by Crippen LogP contribution is -2.51. The van der Waals surface area contributed by atoms with Crippen LogP contribution in [-0.2, 0) is 27.1 Å². The van der Waals surface area contributed by atoms with E-state index in [0.29, 0.717) is 6.54 Å². The van der Waals surface area contributed by atoms with Crippen LogP contribution in [0.1, 0.15) is 58.1 Å². The summed E-state index contributed by atoms with van der Waals surface area (Å²) in [4.78, 5) is 26.7. The van der Waals surface area contributed by atoms with Crippen molar-refractivity contribution in [3.63, 3.8) is 0 Å². The Kier molecular flexibility index (Phi) is 7.45. The number of rotatable bonds is 5. The Bertz CT molecular complexity index is 733. The highest BCUT2D eigenvalue weighted by molar-refractivity contribution is 5.73. The maximum atomic E-state index is 12.6. The van der Waals surface area contributed by atoms with Crippen LogP contribution in [0, 0.1) is 11.3 Å². The maximum absolute atomic E-state index is 12.6. The molecular formula is C22H30N2O4. The summed E-state index contributed by atoms with van der Waals surface area (Å²) in [6.07, 6.45) is 2.26. The highest BCUT2D eigenvalue weighted by atomic mass is 16.6. The topological polar surface area (TPSA) is 79.6 Å². The molecule has 0 saturated carbocycles. The number of amides is 1. The highest BCUT2D eigenvalue weighted by Gasteiger charge is 2.35. The van der Waals surface area contributed by atoms with Crippen molar-refractivity contribution in [3.05, 3.63) is 35.4 Å². The fraction of sp³-hybridized carbons (Fsp3) is 0.591. The van der Waals surface area contributed by atoms with Gasteiger partial charge < -0.3 is 14.4 Å². The van der Waals surface area contributed by atoms with E-state index < -0.39 is 11.7 Å². The van der Waals surface area contributed by atoms with Crippen molar-refractivity contribution in [3.8, 4) is 6.07 Å². The molecule has 0 aromatic heterocycles. The molecule has 1 saturated heterocycles. The number of piperidine rings is 1. The molecule has 0 radical (unpaired) electrons. The van der Waals surface area contributed by atoms with Crippen molar-refractivity contribution in [1.82, 2.24) is 4.90 Å². The molecule has 0 N–H and O–H groups in total. The van der Waals surface area contributed by atoms with Crippen molar-refractivity contribution in [2.45, 2.75) is 77.5 Å². The molecule has 0 bridgehead atoms. The third-order valence-electron chi connectivity index (χ3n) is 4.76. The lowest BCUT2D eigenvalue weighted by atomic mass is 9.98. The lowest BCUT2D eigenvalue weighted by molar-refractivity contribution is -0.151. The van der Waals surface area contributed by atoms with Crippen LogP contribution in [0.25, 0.3) is 0 Å². The first-order valence-corrected chi connectivity index (χ1v) is 9.84. The summed E-state index contributed by atoms with van der Waals surface area (Å²) in [5.41, 5.74) is 1.07. The van der Waals surface area contributed by atoms with Crippen molar-refractivity contribution in [2.24, 2.45) is 0 Å². The fourth-order valence-electron chi connectivity index (χ4n) is 3.46. The molecule has 152 valence electrons. The highest BCUT2D eigenvalue weighted by Crippen LogP contribution is 2.24. The van der Waals surface area contributed by atoms with Gasteiger partial charge >= 0.3 is 12.1 Å². The van der Waals surface area contributed by atoms with Gasteiger partial charge in [0.1, 0.15) is 11.7 Å². The predicted octanol–water partition coefficient (Wildman–Crippen LogP) is 4.02. The number of hydrogen-bond donors (Lipinski definition) is 0. The van der Waals surface area contributed by atoms with E-state index in [0.717, 1.165) is 30.4 Å². The number of esters is 1. The molecule has 2 unspecified atom stereocenters. The molecule has 1 aromatic rings. The average Bonchev–Trinajstić information content (AvgIpc) is 2.62. The van der Waals surface area contributed by atoms with Gasteiger partial charge in [0.15, 0.2) is 0 Å². The van der Waals surface area contributed by atoms with Gasteiger partial charge in [-0.05, 0) is 58.1 Å². The van der Waals surface area contributed by atoms with Crippen LogP contribution in [0.3, 0.4) is 0 Å². The SMILES string of the molecule is CC(OC(=O)Cc1ccccc1CC#N)C1CCCCN1C(=O)OC(C)(C)C. The van der Waals surface area contributed by atoms with Gasteiger partial charge in [-0.3, -0.25) is 4.79 Å². The van der Waals surface area contributed by atoms with Gasteiger partial charge in [0.2, 0.25) is 0 Å². The Morgan fingerprint density at radius 3 is 2.57 bits per heavy atom. The molecule has 1 fully saturated rings. The minimum absolute atomic E-state index is 0.112. The van der Waals surface area contributed by atoms with E-state index in [1.165, 1.54) is 0 Å². The van der Waals surface area contributed by atoms with Crippen molar-refractivity contribution < 1.29 is 19.1 Å². The normalized spacial score (nSPS) is 18.1. The summed E-state index contributed by atoms with van der Waals surface area (Å²) in [7, 11) is 0. The zero-order chi connectivity index (χ0) is 20.7. The molecule has 1 heterocycles. The third kappa shape index (κ3) is 6.26. The second-order valence-corrected chi connectivity index (χ2v) is 8.21. The van der Waals surface area contributed by atoms with E-state index in [1.54, 1.807) is 4.90 Å². The van der Waals surface area contributed by atoms with E-state index in [4.69, 9.17) is 14.7 Å². The number of ether oxygens (including phenoxy) is 2. The maximum Gasteiger partial charge on any atom is 0.410 e. The minimum Gasteiger partial charge on any atom is -0.460 e. The molecule has 6 nitrogen and oxygen atoms in total.